The maximum atomic E-state index is 10.7. The highest BCUT2D eigenvalue weighted by molar-refractivity contribution is 5.70. The largest absolute Gasteiger partial charge is 0.494 e. The van der Waals surface area contributed by atoms with Crippen LogP contribution in [0.4, 0.5) is 0 Å². The van der Waals surface area contributed by atoms with Crippen molar-refractivity contribution in [1.29, 1.82) is 0 Å². The van der Waals surface area contributed by atoms with Gasteiger partial charge < -0.3 is 9.84 Å². The van der Waals surface area contributed by atoms with E-state index in [1.54, 1.807) is 0 Å². The minimum Gasteiger partial charge on any atom is -0.494 e. The molecule has 0 aliphatic heterocycles. The van der Waals surface area contributed by atoms with Crippen molar-refractivity contribution in [2.45, 2.75) is 129 Å². The molecule has 0 bridgehead atoms. The lowest BCUT2D eigenvalue weighted by Crippen LogP contribution is -2.00. The molecule has 0 unspecified atom stereocenters. The summed E-state index contributed by atoms with van der Waals surface area (Å²) >= 11 is 0. The molecule has 0 aliphatic carbocycles. The van der Waals surface area contributed by atoms with Crippen molar-refractivity contribution >= 4 is 5.97 Å². The first-order chi connectivity index (χ1) is 15.2. The smallest absolute Gasteiger partial charge is 0.307 e. The number of ether oxygens (including phenoxy) is 1. The van der Waals surface area contributed by atoms with E-state index in [0.29, 0.717) is 0 Å². The van der Waals surface area contributed by atoms with E-state index >= 15 is 0 Å². The highest BCUT2D eigenvalue weighted by Gasteiger charge is 2.01. The fraction of sp³-hybridized carbons (Fsp3) is 0.750. The van der Waals surface area contributed by atoms with Crippen LogP contribution in [-0.4, -0.2) is 17.7 Å². The molecule has 3 heteroatoms. The van der Waals surface area contributed by atoms with E-state index in [1.807, 2.05) is 24.3 Å². The van der Waals surface area contributed by atoms with Gasteiger partial charge in [0, 0.05) is 0 Å². The third-order valence-corrected chi connectivity index (χ3v) is 6.05. The minimum atomic E-state index is -0.799. The van der Waals surface area contributed by atoms with E-state index in [2.05, 4.69) is 6.92 Å². The van der Waals surface area contributed by atoms with Gasteiger partial charge in [-0.15, -0.1) is 0 Å². The zero-order valence-corrected chi connectivity index (χ0v) is 20.2. The van der Waals surface area contributed by atoms with E-state index < -0.39 is 5.97 Å². The number of hydrogen-bond acceptors (Lipinski definition) is 2. The number of aliphatic carboxylic acids is 1. The molecule has 1 rings (SSSR count). The maximum absolute atomic E-state index is 10.7. The Morgan fingerprint density at radius 3 is 1.42 bits per heavy atom. The van der Waals surface area contributed by atoms with E-state index in [4.69, 9.17) is 9.84 Å². The highest BCUT2D eigenvalue weighted by Crippen LogP contribution is 2.15. The Bertz CT molecular complexity index is 524. The van der Waals surface area contributed by atoms with Crippen LogP contribution in [-0.2, 0) is 11.2 Å². The molecular formula is C28H48O3. The summed E-state index contributed by atoms with van der Waals surface area (Å²) in [6.45, 7) is 3.03. The molecule has 0 amide bonds. The van der Waals surface area contributed by atoms with Gasteiger partial charge in [-0.2, -0.15) is 0 Å². The second kappa shape index (κ2) is 20.4. The number of unbranched alkanes of at least 4 members (excludes halogenated alkanes) is 17. The second-order valence-electron chi connectivity index (χ2n) is 9.07. The number of hydrogen-bond donors (Lipinski definition) is 1. The maximum Gasteiger partial charge on any atom is 0.307 e. The summed E-state index contributed by atoms with van der Waals surface area (Å²) in [4.78, 5) is 10.7. The molecule has 0 atom stereocenters. The van der Waals surface area contributed by atoms with Gasteiger partial charge in [0.05, 0.1) is 13.0 Å². The van der Waals surface area contributed by atoms with E-state index in [9.17, 15) is 4.79 Å². The average molecular weight is 433 g/mol. The van der Waals surface area contributed by atoms with Crippen molar-refractivity contribution in [2.24, 2.45) is 0 Å². The topological polar surface area (TPSA) is 46.5 Å². The van der Waals surface area contributed by atoms with Gasteiger partial charge in [-0.3, -0.25) is 4.79 Å². The highest BCUT2D eigenvalue weighted by atomic mass is 16.5. The van der Waals surface area contributed by atoms with Crippen LogP contribution < -0.4 is 4.74 Å². The lowest BCUT2D eigenvalue weighted by Gasteiger charge is -2.07. The molecule has 178 valence electrons. The van der Waals surface area contributed by atoms with E-state index in [1.165, 1.54) is 109 Å². The Kier molecular flexibility index (Phi) is 18.1. The van der Waals surface area contributed by atoms with Gasteiger partial charge in [0.2, 0.25) is 0 Å². The number of rotatable bonds is 22. The number of benzene rings is 1. The van der Waals surface area contributed by atoms with Crippen molar-refractivity contribution in [3.63, 3.8) is 0 Å². The van der Waals surface area contributed by atoms with Crippen LogP contribution in [0.2, 0.25) is 0 Å². The van der Waals surface area contributed by atoms with Gasteiger partial charge in [0.25, 0.3) is 0 Å². The number of carboxylic acids is 1. The summed E-state index contributed by atoms with van der Waals surface area (Å²) < 4.78 is 5.75. The molecule has 0 radical (unpaired) electrons. The standard InChI is InChI=1S/C28H48O3/c1-2-3-4-5-6-7-8-9-10-11-12-13-14-15-16-17-18-19-24-31-27-22-20-26(21-23-27)25-28(29)30/h20-23H,2-19,24-25H2,1H3,(H,29,30). The van der Waals surface area contributed by atoms with E-state index in [-0.39, 0.29) is 6.42 Å². The second-order valence-corrected chi connectivity index (χ2v) is 9.07. The fourth-order valence-corrected chi connectivity index (χ4v) is 4.07. The van der Waals surface area contributed by atoms with Gasteiger partial charge in [-0.25, -0.2) is 0 Å². The summed E-state index contributed by atoms with van der Waals surface area (Å²) in [6.07, 6.45) is 25.0. The Morgan fingerprint density at radius 1 is 0.645 bits per heavy atom. The molecule has 0 spiro atoms. The monoisotopic (exact) mass is 432 g/mol. The van der Waals surface area contributed by atoms with Crippen molar-refractivity contribution < 1.29 is 14.6 Å². The lowest BCUT2D eigenvalue weighted by atomic mass is 10.0. The van der Waals surface area contributed by atoms with Crippen molar-refractivity contribution in [2.75, 3.05) is 6.61 Å². The van der Waals surface area contributed by atoms with Gasteiger partial charge >= 0.3 is 5.97 Å². The van der Waals surface area contributed by atoms with Crippen LogP contribution in [0, 0.1) is 0 Å². The van der Waals surface area contributed by atoms with Gasteiger partial charge in [-0.1, -0.05) is 128 Å². The van der Waals surface area contributed by atoms with Crippen LogP contribution in [0.1, 0.15) is 128 Å². The molecular weight excluding hydrogens is 384 g/mol. The first-order valence-electron chi connectivity index (χ1n) is 13.2. The van der Waals surface area contributed by atoms with Crippen LogP contribution in [0.25, 0.3) is 0 Å². The third kappa shape index (κ3) is 17.8. The first-order valence-corrected chi connectivity index (χ1v) is 13.2. The van der Waals surface area contributed by atoms with E-state index in [0.717, 1.165) is 24.3 Å². The van der Waals surface area contributed by atoms with Gasteiger partial charge in [0.15, 0.2) is 0 Å². The number of carboxylic acid groups (broad SMARTS) is 1. The molecule has 0 aliphatic rings. The predicted octanol–water partition coefficient (Wildman–Crippen LogP) is 8.73. The molecule has 1 N–H and O–H groups in total. The van der Waals surface area contributed by atoms with Crippen LogP contribution in [0.15, 0.2) is 24.3 Å². The fourth-order valence-electron chi connectivity index (χ4n) is 4.07. The van der Waals surface area contributed by atoms with Crippen LogP contribution in [0.5, 0.6) is 5.75 Å². The molecule has 1 aromatic carbocycles. The molecule has 0 saturated heterocycles. The molecule has 0 saturated carbocycles. The van der Waals surface area contributed by atoms with Crippen molar-refractivity contribution in [3.8, 4) is 5.75 Å². The third-order valence-electron chi connectivity index (χ3n) is 6.05. The molecule has 1 aromatic rings. The Labute approximate surface area is 192 Å². The van der Waals surface area contributed by atoms with Gasteiger partial charge in [0.1, 0.15) is 5.75 Å². The molecule has 31 heavy (non-hydrogen) atoms. The summed E-state index contributed by atoms with van der Waals surface area (Å²) in [7, 11) is 0. The number of carbonyl (C=O) groups is 1. The van der Waals surface area contributed by atoms with Gasteiger partial charge in [-0.05, 0) is 24.1 Å². The SMILES string of the molecule is CCCCCCCCCCCCCCCCCCCCOc1ccc(CC(=O)O)cc1. The summed E-state index contributed by atoms with van der Waals surface area (Å²) in [6, 6.07) is 7.40. The Morgan fingerprint density at radius 2 is 1.03 bits per heavy atom. The van der Waals surface area contributed by atoms with Crippen molar-refractivity contribution in [3.05, 3.63) is 29.8 Å². The summed E-state index contributed by atoms with van der Waals surface area (Å²) in [5, 5.41) is 8.78. The molecule has 3 nitrogen and oxygen atoms in total. The van der Waals surface area contributed by atoms with Crippen LogP contribution in [0.3, 0.4) is 0 Å². The quantitative estimate of drug-likeness (QED) is 0.186. The zero-order valence-electron chi connectivity index (χ0n) is 20.2. The Hall–Kier alpha value is -1.51. The van der Waals surface area contributed by atoms with Crippen LogP contribution >= 0.6 is 0 Å². The summed E-state index contributed by atoms with van der Waals surface area (Å²) in [5.41, 5.74) is 0.813. The minimum absolute atomic E-state index is 0.0690. The average Bonchev–Trinajstić information content (AvgIpc) is 2.76. The first kappa shape index (κ1) is 27.5. The predicted molar refractivity (Wildman–Crippen MR) is 132 cm³/mol. The molecule has 0 fully saturated rings. The lowest BCUT2D eigenvalue weighted by molar-refractivity contribution is -0.136. The Balaban J connectivity index is 1.77. The molecule has 0 heterocycles. The van der Waals surface area contributed by atoms with Crippen molar-refractivity contribution in [1.82, 2.24) is 0 Å². The normalized spacial score (nSPS) is 11.0. The zero-order chi connectivity index (χ0) is 22.4. The summed E-state index contributed by atoms with van der Waals surface area (Å²) in [5.74, 6) is 0.0357. The molecule has 0 aromatic heterocycles.